The van der Waals surface area contributed by atoms with Crippen molar-refractivity contribution in [3.8, 4) is 0 Å². The number of hydrogen-bond acceptors (Lipinski definition) is 1. The molecule has 3 aromatic rings. The first-order valence-electron chi connectivity index (χ1n) is 8.15. The maximum Gasteiger partial charge on any atom is 0.220 e. The lowest BCUT2D eigenvalue weighted by atomic mass is 10.1. The largest absolute Gasteiger partial charge is 0.352 e. The number of benzene rings is 2. The summed E-state index contributed by atoms with van der Waals surface area (Å²) in [6, 6.07) is 18.4. The summed E-state index contributed by atoms with van der Waals surface area (Å²) in [4.78, 5) is 12.1. The molecular weight excluding hydrogens is 284 g/mol. The average Bonchev–Trinajstić information content (AvgIpc) is 2.97. The Morgan fingerprint density at radius 2 is 1.78 bits per heavy atom. The Hall–Kier alpha value is -2.55. The molecule has 0 fully saturated rings. The molecule has 0 bridgehead atoms. The first-order valence-corrected chi connectivity index (χ1v) is 8.15. The molecule has 1 amide bonds. The van der Waals surface area contributed by atoms with Gasteiger partial charge in [-0.25, -0.2) is 0 Å². The molecule has 3 nitrogen and oxygen atoms in total. The van der Waals surface area contributed by atoms with Crippen LogP contribution in [0.4, 0.5) is 0 Å². The molecule has 2 aromatic carbocycles. The first-order chi connectivity index (χ1) is 11.3. The van der Waals surface area contributed by atoms with Crippen LogP contribution in [-0.4, -0.2) is 10.5 Å². The number of nitrogens with one attached hydrogen (secondary N) is 1. The normalized spacial score (nSPS) is 10.8. The second-order valence-electron chi connectivity index (χ2n) is 5.72. The number of carbonyl (C=O) groups is 1. The maximum atomic E-state index is 12.1. The standard InChI is InChI=1S/C20H22N2O/c1-2-22-15-17(18-10-6-7-11-19(18)22)12-13-20(23)21-14-16-8-4-3-5-9-16/h3-11,15H,2,12-14H2,1H3,(H,21,23). The second kappa shape index (κ2) is 7.14. The van der Waals surface area contributed by atoms with Gasteiger partial charge in [0.1, 0.15) is 0 Å². The fraction of sp³-hybridized carbons (Fsp3) is 0.250. The van der Waals surface area contributed by atoms with Crippen molar-refractivity contribution in [2.75, 3.05) is 0 Å². The summed E-state index contributed by atoms with van der Waals surface area (Å²) in [5.74, 6) is 0.0992. The number of nitrogens with zero attached hydrogens (tertiary/aromatic N) is 1. The van der Waals surface area contributed by atoms with Crippen molar-refractivity contribution in [3.63, 3.8) is 0 Å². The third-order valence-electron chi connectivity index (χ3n) is 4.17. The van der Waals surface area contributed by atoms with Gasteiger partial charge in [0, 0.05) is 36.6 Å². The summed E-state index contributed by atoms with van der Waals surface area (Å²) in [6.45, 7) is 3.68. The van der Waals surface area contributed by atoms with E-state index in [4.69, 9.17) is 0 Å². The lowest BCUT2D eigenvalue weighted by molar-refractivity contribution is -0.121. The van der Waals surface area contributed by atoms with Crippen molar-refractivity contribution in [2.24, 2.45) is 0 Å². The minimum absolute atomic E-state index is 0.0992. The zero-order chi connectivity index (χ0) is 16.1. The number of para-hydroxylation sites is 1. The molecule has 0 aliphatic rings. The van der Waals surface area contributed by atoms with Crippen LogP contribution in [-0.2, 0) is 24.3 Å². The van der Waals surface area contributed by atoms with E-state index in [1.807, 2.05) is 30.3 Å². The smallest absolute Gasteiger partial charge is 0.220 e. The molecule has 0 saturated carbocycles. The van der Waals surface area contributed by atoms with E-state index in [-0.39, 0.29) is 5.91 Å². The number of rotatable bonds is 6. The van der Waals surface area contributed by atoms with E-state index in [1.54, 1.807) is 0 Å². The summed E-state index contributed by atoms with van der Waals surface area (Å²) < 4.78 is 2.24. The molecular formula is C20H22N2O. The number of amides is 1. The number of aromatic nitrogens is 1. The van der Waals surface area contributed by atoms with Gasteiger partial charge in [0.05, 0.1) is 0 Å². The van der Waals surface area contributed by atoms with Gasteiger partial charge in [-0.2, -0.15) is 0 Å². The Bertz CT molecular complexity index is 790. The van der Waals surface area contributed by atoms with Gasteiger partial charge in [-0.1, -0.05) is 48.5 Å². The molecule has 23 heavy (non-hydrogen) atoms. The predicted octanol–water partition coefficient (Wildman–Crippen LogP) is 3.91. The summed E-state index contributed by atoms with van der Waals surface area (Å²) in [5.41, 5.74) is 3.62. The van der Waals surface area contributed by atoms with E-state index in [1.165, 1.54) is 16.5 Å². The van der Waals surface area contributed by atoms with Gasteiger partial charge in [0.15, 0.2) is 0 Å². The van der Waals surface area contributed by atoms with Gasteiger partial charge >= 0.3 is 0 Å². The van der Waals surface area contributed by atoms with Gasteiger partial charge in [-0.15, -0.1) is 0 Å². The highest BCUT2D eigenvalue weighted by atomic mass is 16.1. The van der Waals surface area contributed by atoms with E-state index in [0.717, 1.165) is 18.5 Å². The van der Waals surface area contributed by atoms with E-state index in [0.29, 0.717) is 13.0 Å². The quantitative estimate of drug-likeness (QED) is 0.736. The number of fused-ring (bicyclic) bond motifs is 1. The third kappa shape index (κ3) is 3.62. The van der Waals surface area contributed by atoms with Crippen molar-refractivity contribution in [1.82, 2.24) is 9.88 Å². The molecule has 1 N–H and O–H groups in total. The lowest BCUT2D eigenvalue weighted by Gasteiger charge is -2.05. The Morgan fingerprint density at radius 1 is 1.04 bits per heavy atom. The zero-order valence-electron chi connectivity index (χ0n) is 13.5. The van der Waals surface area contributed by atoms with Gasteiger partial charge in [0.25, 0.3) is 0 Å². The van der Waals surface area contributed by atoms with Gasteiger partial charge in [0.2, 0.25) is 5.91 Å². The summed E-state index contributed by atoms with van der Waals surface area (Å²) >= 11 is 0. The monoisotopic (exact) mass is 306 g/mol. The third-order valence-corrected chi connectivity index (χ3v) is 4.17. The van der Waals surface area contributed by atoms with Crippen LogP contribution in [0.3, 0.4) is 0 Å². The van der Waals surface area contributed by atoms with Crippen molar-refractivity contribution in [1.29, 1.82) is 0 Å². The Kier molecular flexibility index (Phi) is 4.77. The number of hydrogen-bond donors (Lipinski definition) is 1. The van der Waals surface area contributed by atoms with E-state index in [9.17, 15) is 4.79 Å². The molecule has 0 spiro atoms. The highest BCUT2D eigenvalue weighted by Gasteiger charge is 2.09. The second-order valence-corrected chi connectivity index (χ2v) is 5.72. The van der Waals surface area contributed by atoms with Crippen LogP contribution < -0.4 is 5.32 Å². The van der Waals surface area contributed by atoms with E-state index in [2.05, 4.69) is 47.3 Å². The van der Waals surface area contributed by atoms with Crippen LogP contribution in [0.25, 0.3) is 10.9 Å². The van der Waals surface area contributed by atoms with Crippen molar-refractivity contribution < 1.29 is 4.79 Å². The van der Waals surface area contributed by atoms with Crippen LogP contribution in [0.2, 0.25) is 0 Å². The highest BCUT2D eigenvalue weighted by molar-refractivity contribution is 5.85. The molecule has 118 valence electrons. The summed E-state index contributed by atoms with van der Waals surface area (Å²) in [5, 5.41) is 4.25. The summed E-state index contributed by atoms with van der Waals surface area (Å²) in [6.07, 6.45) is 3.47. The molecule has 0 saturated heterocycles. The first kappa shape index (κ1) is 15.3. The Labute approximate surface area is 136 Å². The highest BCUT2D eigenvalue weighted by Crippen LogP contribution is 2.22. The van der Waals surface area contributed by atoms with Crippen molar-refractivity contribution in [3.05, 3.63) is 71.9 Å². The van der Waals surface area contributed by atoms with Gasteiger partial charge in [-0.05, 0) is 30.5 Å². The zero-order valence-corrected chi connectivity index (χ0v) is 13.5. The van der Waals surface area contributed by atoms with Crippen LogP contribution in [0, 0.1) is 0 Å². The van der Waals surface area contributed by atoms with Crippen LogP contribution in [0.5, 0.6) is 0 Å². The molecule has 1 aromatic heterocycles. The molecule has 3 heteroatoms. The number of carbonyl (C=O) groups excluding carboxylic acids is 1. The Morgan fingerprint density at radius 3 is 2.57 bits per heavy atom. The SMILES string of the molecule is CCn1cc(CCC(=O)NCc2ccccc2)c2ccccc21. The fourth-order valence-electron chi connectivity index (χ4n) is 2.92. The molecule has 0 aliphatic heterocycles. The minimum Gasteiger partial charge on any atom is -0.352 e. The van der Waals surface area contributed by atoms with Crippen LogP contribution in [0.1, 0.15) is 24.5 Å². The van der Waals surface area contributed by atoms with Gasteiger partial charge in [-0.3, -0.25) is 4.79 Å². The van der Waals surface area contributed by atoms with Crippen LogP contribution in [0.15, 0.2) is 60.8 Å². The topological polar surface area (TPSA) is 34.0 Å². The van der Waals surface area contributed by atoms with Crippen molar-refractivity contribution >= 4 is 16.8 Å². The summed E-state index contributed by atoms with van der Waals surface area (Å²) in [7, 11) is 0. The van der Waals surface area contributed by atoms with E-state index < -0.39 is 0 Å². The Balaban J connectivity index is 1.61. The number of aryl methyl sites for hydroxylation is 2. The van der Waals surface area contributed by atoms with Crippen LogP contribution >= 0.6 is 0 Å². The van der Waals surface area contributed by atoms with E-state index >= 15 is 0 Å². The molecule has 0 atom stereocenters. The molecule has 0 unspecified atom stereocenters. The maximum absolute atomic E-state index is 12.1. The average molecular weight is 306 g/mol. The molecule has 3 rings (SSSR count). The van der Waals surface area contributed by atoms with Crippen molar-refractivity contribution in [2.45, 2.75) is 32.9 Å². The molecule has 1 heterocycles. The predicted molar refractivity (Wildman–Crippen MR) is 94.2 cm³/mol. The minimum atomic E-state index is 0.0992. The molecule has 0 aliphatic carbocycles. The fourth-order valence-corrected chi connectivity index (χ4v) is 2.92. The van der Waals surface area contributed by atoms with Gasteiger partial charge < -0.3 is 9.88 Å². The molecule has 0 radical (unpaired) electrons. The lowest BCUT2D eigenvalue weighted by Crippen LogP contribution is -2.22.